The quantitative estimate of drug-likeness (QED) is 0.777. The van der Waals surface area contributed by atoms with Crippen LogP contribution in [0.1, 0.15) is 38.8 Å². The maximum atomic E-state index is 6.17. The van der Waals surface area contributed by atoms with Gasteiger partial charge in [-0.05, 0) is 57.3 Å². The molecule has 0 aromatic heterocycles. The maximum Gasteiger partial charge on any atom is 0.495 e. The molecule has 0 spiro atoms. The van der Waals surface area contributed by atoms with Crippen molar-refractivity contribution < 1.29 is 9.31 Å². The molecule has 102 valence electrons. The van der Waals surface area contributed by atoms with Crippen molar-refractivity contribution in [2.24, 2.45) is 0 Å². The third-order valence-electron chi connectivity index (χ3n) is 4.69. The van der Waals surface area contributed by atoms with E-state index in [0.717, 1.165) is 19.5 Å². The molecule has 3 nitrogen and oxygen atoms in total. The highest BCUT2D eigenvalue weighted by molar-refractivity contribution is 6.62. The van der Waals surface area contributed by atoms with Crippen molar-refractivity contribution in [2.45, 2.75) is 51.9 Å². The Morgan fingerprint density at radius 1 is 1.11 bits per heavy atom. The fraction of sp³-hybridized carbons (Fsp3) is 0.600. The van der Waals surface area contributed by atoms with Crippen LogP contribution in [-0.2, 0) is 22.3 Å². The lowest BCUT2D eigenvalue weighted by atomic mass is 9.74. The van der Waals surface area contributed by atoms with Crippen molar-refractivity contribution in [2.75, 3.05) is 6.54 Å². The van der Waals surface area contributed by atoms with E-state index in [1.165, 1.54) is 16.6 Å². The average molecular weight is 259 g/mol. The van der Waals surface area contributed by atoms with E-state index in [1.54, 1.807) is 0 Å². The van der Waals surface area contributed by atoms with Crippen molar-refractivity contribution in [1.82, 2.24) is 5.32 Å². The molecule has 4 heteroatoms. The van der Waals surface area contributed by atoms with Crippen LogP contribution in [0.2, 0.25) is 0 Å². The summed E-state index contributed by atoms with van der Waals surface area (Å²) >= 11 is 0. The van der Waals surface area contributed by atoms with Gasteiger partial charge in [0.15, 0.2) is 0 Å². The number of rotatable bonds is 1. The largest absolute Gasteiger partial charge is 0.495 e. The van der Waals surface area contributed by atoms with Crippen LogP contribution >= 0.6 is 0 Å². The monoisotopic (exact) mass is 259 g/mol. The zero-order valence-electron chi connectivity index (χ0n) is 12.2. The molecule has 0 radical (unpaired) electrons. The Balaban J connectivity index is 1.96. The van der Waals surface area contributed by atoms with Crippen LogP contribution in [0.4, 0.5) is 0 Å². The van der Waals surface area contributed by atoms with Gasteiger partial charge in [-0.15, -0.1) is 0 Å². The van der Waals surface area contributed by atoms with Crippen LogP contribution in [-0.4, -0.2) is 24.9 Å². The third kappa shape index (κ3) is 2.12. The van der Waals surface area contributed by atoms with E-state index in [4.69, 9.17) is 9.31 Å². The molecule has 3 rings (SSSR count). The molecular formula is C15H22BNO2. The Bertz CT molecular complexity index is 483. The lowest BCUT2D eigenvalue weighted by Crippen LogP contribution is -2.41. The smallest absolute Gasteiger partial charge is 0.399 e. The van der Waals surface area contributed by atoms with Gasteiger partial charge in [-0.25, -0.2) is 0 Å². The summed E-state index contributed by atoms with van der Waals surface area (Å²) in [6, 6.07) is 6.46. The predicted octanol–water partition coefficient (Wildman–Crippen LogP) is 1.63. The Hall–Kier alpha value is -0.835. The molecule has 0 atom stereocenters. The summed E-state index contributed by atoms with van der Waals surface area (Å²) in [4.78, 5) is 0. The van der Waals surface area contributed by atoms with Crippen molar-refractivity contribution >= 4 is 12.6 Å². The first-order valence-corrected chi connectivity index (χ1v) is 7.08. The molecule has 0 unspecified atom stereocenters. The number of hydrogen-bond acceptors (Lipinski definition) is 3. The van der Waals surface area contributed by atoms with Crippen molar-refractivity contribution in [3.63, 3.8) is 0 Å². The molecule has 0 amide bonds. The predicted molar refractivity (Wildman–Crippen MR) is 77.6 cm³/mol. The minimum atomic E-state index is -0.275. The van der Waals surface area contributed by atoms with E-state index in [1.807, 2.05) is 0 Å². The molecule has 1 fully saturated rings. The summed E-state index contributed by atoms with van der Waals surface area (Å²) in [6.07, 6.45) is 1.09. The van der Waals surface area contributed by atoms with Crippen molar-refractivity contribution in [3.8, 4) is 0 Å². The van der Waals surface area contributed by atoms with Crippen LogP contribution in [0.25, 0.3) is 0 Å². The molecular weight excluding hydrogens is 237 g/mol. The normalized spacial score (nSPS) is 24.3. The van der Waals surface area contributed by atoms with E-state index in [-0.39, 0.29) is 18.3 Å². The van der Waals surface area contributed by atoms with E-state index >= 15 is 0 Å². The molecule has 1 aromatic carbocycles. The Kier molecular flexibility index (Phi) is 3.00. The van der Waals surface area contributed by atoms with Gasteiger partial charge in [0.25, 0.3) is 0 Å². The molecule has 0 bridgehead atoms. The second kappa shape index (κ2) is 4.34. The highest BCUT2D eigenvalue weighted by Gasteiger charge is 2.52. The van der Waals surface area contributed by atoms with Crippen LogP contribution in [0.3, 0.4) is 0 Å². The number of nitrogens with one attached hydrogen (secondary N) is 1. The Morgan fingerprint density at radius 3 is 2.47 bits per heavy atom. The van der Waals surface area contributed by atoms with Gasteiger partial charge in [0.2, 0.25) is 0 Å². The summed E-state index contributed by atoms with van der Waals surface area (Å²) in [5, 5.41) is 3.44. The first kappa shape index (κ1) is 13.2. The molecule has 2 aliphatic rings. The molecule has 2 heterocycles. The van der Waals surface area contributed by atoms with Gasteiger partial charge in [-0.1, -0.05) is 18.2 Å². The molecule has 0 saturated carbocycles. The lowest BCUT2D eigenvalue weighted by molar-refractivity contribution is 0.00578. The lowest BCUT2D eigenvalue weighted by Gasteiger charge is -2.32. The van der Waals surface area contributed by atoms with Crippen molar-refractivity contribution in [1.29, 1.82) is 0 Å². The average Bonchev–Trinajstić information content (AvgIpc) is 2.58. The summed E-state index contributed by atoms with van der Waals surface area (Å²) in [7, 11) is -0.250. The SMILES string of the molecule is CC1(C)OB(c2cccc3c2CNCC3)OC1(C)C. The minimum absolute atomic E-state index is 0.250. The summed E-state index contributed by atoms with van der Waals surface area (Å²) < 4.78 is 12.3. The van der Waals surface area contributed by atoms with Gasteiger partial charge in [0, 0.05) is 6.54 Å². The van der Waals surface area contributed by atoms with Crippen LogP contribution in [0.15, 0.2) is 18.2 Å². The molecule has 1 N–H and O–H groups in total. The fourth-order valence-electron chi connectivity index (χ4n) is 2.73. The number of hydrogen-bond donors (Lipinski definition) is 1. The maximum absolute atomic E-state index is 6.17. The van der Waals surface area contributed by atoms with Crippen molar-refractivity contribution in [3.05, 3.63) is 29.3 Å². The van der Waals surface area contributed by atoms with Gasteiger partial charge >= 0.3 is 7.12 Å². The second-order valence-electron chi connectivity index (χ2n) is 6.50. The zero-order valence-corrected chi connectivity index (χ0v) is 12.2. The number of fused-ring (bicyclic) bond motifs is 1. The topological polar surface area (TPSA) is 30.5 Å². The molecule has 19 heavy (non-hydrogen) atoms. The molecule has 2 aliphatic heterocycles. The molecule has 0 aliphatic carbocycles. The Morgan fingerprint density at radius 2 is 1.79 bits per heavy atom. The standard InChI is InChI=1S/C15H22BNO2/c1-14(2)15(3,4)19-16(18-14)13-7-5-6-11-8-9-17-10-12(11)13/h5-7,17H,8-10H2,1-4H3. The fourth-order valence-corrected chi connectivity index (χ4v) is 2.73. The van der Waals surface area contributed by atoms with E-state index < -0.39 is 0 Å². The molecule has 1 saturated heterocycles. The summed E-state index contributed by atoms with van der Waals surface area (Å²) in [5.74, 6) is 0. The first-order chi connectivity index (χ1) is 8.91. The Labute approximate surface area is 115 Å². The zero-order chi connectivity index (χ0) is 13.7. The third-order valence-corrected chi connectivity index (χ3v) is 4.69. The van der Waals surface area contributed by atoms with Crippen LogP contribution in [0.5, 0.6) is 0 Å². The highest BCUT2D eigenvalue weighted by Crippen LogP contribution is 2.36. The highest BCUT2D eigenvalue weighted by atomic mass is 16.7. The van der Waals surface area contributed by atoms with Crippen LogP contribution < -0.4 is 10.8 Å². The van der Waals surface area contributed by atoms with Gasteiger partial charge in [0.1, 0.15) is 0 Å². The van der Waals surface area contributed by atoms with E-state index in [0.29, 0.717) is 0 Å². The minimum Gasteiger partial charge on any atom is -0.399 e. The van der Waals surface area contributed by atoms with Gasteiger partial charge in [0.05, 0.1) is 11.2 Å². The van der Waals surface area contributed by atoms with Gasteiger partial charge in [-0.3, -0.25) is 0 Å². The molecule has 1 aromatic rings. The first-order valence-electron chi connectivity index (χ1n) is 7.08. The second-order valence-corrected chi connectivity index (χ2v) is 6.50. The summed E-state index contributed by atoms with van der Waals surface area (Å²) in [6.45, 7) is 10.4. The summed E-state index contributed by atoms with van der Waals surface area (Å²) in [5.41, 5.74) is 3.41. The van der Waals surface area contributed by atoms with E-state index in [2.05, 4.69) is 51.2 Å². The number of benzene rings is 1. The van der Waals surface area contributed by atoms with E-state index in [9.17, 15) is 0 Å². The van der Waals surface area contributed by atoms with Gasteiger partial charge < -0.3 is 14.6 Å². The van der Waals surface area contributed by atoms with Gasteiger partial charge in [-0.2, -0.15) is 0 Å². The van der Waals surface area contributed by atoms with Crippen LogP contribution in [0, 0.1) is 0 Å².